The Hall–Kier alpha value is -3.13. The Balaban J connectivity index is 1.71. The average Bonchev–Trinajstić information content (AvgIpc) is 3.06. The standard InChI is InChI=1S/C18H16N4O3S/c1-11-9-14(22-25-11)10-26-18-15(3-2-8-20-18)17(24)21-13-6-4-12(5-7-13)16(19)23/h2-9H,10H2,1H3,(H2,19,23)(H,21,24). The molecule has 0 aliphatic heterocycles. The highest BCUT2D eigenvalue weighted by atomic mass is 32.2. The number of aryl methyl sites for hydroxylation is 1. The Morgan fingerprint density at radius 3 is 2.65 bits per heavy atom. The molecule has 2 aromatic heterocycles. The molecule has 0 bridgehead atoms. The molecule has 0 aliphatic rings. The van der Waals surface area contributed by atoms with Gasteiger partial charge in [-0.2, -0.15) is 0 Å². The van der Waals surface area contributed by atoms with Crippen molar-refractivity contribution in [2.75, 3.05) is 5.32 Å². The first-order valence-electron chi connectivity index (χ1n) is 7.74. The van der Waals surface area contributed by atoms with Crippen LogP contribution in [0.5, 0.6) is 0 Å². The van der Waals surface area contributed by atoms with Crippen LogP contribution in [0.3, 0.4) is 0 Å². The number of nitrogens with zero attached hydrogens (tertiary/aromatic N) is 2. The summed E-state index contributed by atoms with van der Waals surface area (Å²) in [5.74, 6) is 0.474. The largest absolute Gasteiger partial charge is 0.366 e. The second-order valence-corrected chi connectivity index (χ2v) is 6.43. The fourth-order valence-corrected chi connectivity index (χ4v) is 3.10. The number of hydrogen-bond acceptors (Lipinski definition) is 6. The number of aromatic nitrogens is 2. The topological polar surface area (TPSA) is 111 Å². The van der Waals surface area contributed by atoms with Crippen molar-refractivity contribution in [3.05, 3.63) is 71.2 Å². The quantitative estimate of drug-likeness (QED) is 0.647. The Morgan fingerprint density at radius 1 is 1.23 bits per heavy atom. The molecule has 2 heterocycles. The highest BCUT2D eigenvalue weighted by Crippen LogP contribution is 2.25. The van der Waals surface area contributed by atoms with Gasteiger partial charge in [0.2, 0.25) is 5.91 Å². The molecule has 0 aliphatic carbocycles. The third kappa shape index (κ3) is 4.28. The fraction of sp³-hybridized carbons (Fsp3) is 0.111. The maximum Gasteiger partial charge on any atom is 0.258 e. The Morgan fingerprint density at radius 2 is 2.00 bits per heavy atom. The number of anilines is 1. The van der Waals surface area contributed by atoms with Crippen LogP contribution < -0.4 is 11.1 Å². The van der Waals surface area contributed by atoms with E-state index in [2.05, 4.69) is 15.5 Å². The third-order valence-corrected chi connectivity index (χ3v) is 4.52. The number of thioether (sulfide) groups is 1. The molecule has 0 radical (unpaired) electrons. The van der Waals surface area contributed by atoms with Crippen LogP contribution in [0.15, 0.2) is 58.2 Å². The number of nitrogens with two attached hydrogens (primary N) is 1. The van der Waals surface area contributed by atoms with Gasteiger partial charge in [-0.3, -0.25) is 9.59 Å². The minimum absolute atomic E-state index is 0.288. The van der Waals surface area contributed by atoms with E-state index < -0.39 is 5.91 Å². The van der Waals surface area contributed by atoms with Crippen LogP contribution in [-0.4, -0.2) is 22.0 Å². The summed E-state index contributed by atoms with van der Waals surface area (Å²) < 4.78 is 5.04. The van der Waals surface area contributed by atoms with E-state index in [-0.39, 0.29) is 5.91 Å². The van der Waals surface area contributed by atoms with E-state index in [0.717, 1.165) is 11.5 Å². The summed E-state index contributed by atoms with van der Waals surface area (Å²) in [6.07, 6.45) is 1.63. The molecule has 26 heavy (non-hydrogen) atoms. The Bertz CT molecular complexity index is 938. The zero-order valence-electron chi connectivity index (χ0n) is 13.9. The van der Waals surface area contributed by atoms with Gasteiger partial charge in [0.05, 0.1) is 11.3 Å². The summed E-state index contributed by atoms with van der Waals surface area (Å²) in [6.45, 7) is 1.82. The summed E-state index contributed by atoms with van der Waals surface area (Å²) in [7, 11) is 0. The summed E-state index contributed by atoms with van der Waals surface area (Å²) in [5.41, 5.74) is 7.39. The van der Waals surface area contributed by atoms with E-state index in [4.69, 9.17) is 10.3 Å². The molecule has 0 spiro atoms. The zero-order chi connectivity index (χ0) is 18.5. The molecule has 7 nitrogen and oxygen atoms in total. The van der Waals surface area contributed by atoms with Crippen molar-refractivity contribution in [3.8, 4) is 0 Å². The normalized spacial score (nSPS) is 10.5. The number of primary amides is 1. The van der Waals surface area contributed by atoms with Crippen molar-refractivity contribution < 1.29 is 14.1 Å². The molecule has 3 rings (SSSR count). The molecule has 0 saturated heterocycles. The number of carbonyl (C=O) groups excluding carboxylic acids is 2. The predicted octanol–water partition coefficient (Wildman–Crippen LogP) is 3.02. The van der Waals surface area contributed by atoms with E-state index in [1.807, 2.05) is 13.0 Å². The van der Waals surface area contributed by atoms with E-state index >= 15 is 0 Å². The van der Waals surface area contributed by atoms with Gasteiger partial charge < -0.3 is 15.6 Å². The van der Waals surface area contributed by atoms with Gasteiger partial charge in [0.15, 0.2) is 0 Å². The van der Waals surface area contributed by atoms with Gasteiger partial charge in [-0.25, -0.2) is 4.98 Å². The van der Waals surface area contributed by atoms with Gasteiger partial charge in [-0.05, 0) is 43.3 Å². The van der Waals surface area contributed by atoms with Crippen molar-refractivity contribution in [1.82, 2.24) is 10.1 Å². The first-order chi connectivity index (χ1) is 12.5. The van der Waals surface area contributed by atoms with Gasteiger partial charge >= 0.3 is 0 Å². The molecule has 0 fully saturated rings. The van der Waals surface area contributed by atoms with E-state index in [1.54, 1.807) is 42.6 Å². The maximum absolute atomic E-state index is 12.6. The summed E-state index contributed by atoms with van der Waals surface area (Å²) in [4.78, 5) is 28.0. The van der Waals surface area contributed by atoms with E-state index in [1.165, 1.54) is 11.8 Å². The highest BCUT2D eigenvalue weighted by molar-refractivity contribution is 7.98. The van der Waals surface area contributed by atoms with Gasteiger partial charge in [0, 0.05) is 29.3 Å². The Kier molecular flexibility index (Phi) is 5.33. The minimum Gasteiger partial charge on any atom is -0.366 e. The van der Waals surface area contributed by atoms with Crippen LogP contribution in [0.2, 0.25) is 0 Å². The van der Waals surface area contributed by atoms with Gasteiger partial charge in [0.1, 0.15) is 10.8 Å². The maximum atomic E-state index is 12.6. The molecular formula is C18H16N4O3S. The zero-order valence-corrected chi connectivity index (χ0v) is 14.7. The molecule has 0 atom stereocenters. The predicted molar refractivity (Wildman–Crippen MR) is 98.0 cm³/mol. The van der Waals surface area contributed by atoms with Crippen molar-refractivity contribution in [3.63, 3.8) is 0 Å². The van der Waals surface area contributed by atoms with Crippen molar-refractivity contribution in [2.45, 2.75) is 17.7 Å². The third-order valence-electron chi connectivity index (χ3n) is 3.48. The monoisotopic (exact) mass is 368 g/mol. The summed E-state index contributed by atoms with van der Waals surface area (Å²) >= 11 is 1.40. The second kappa shape index (κ2) is 7.83. The highest BCUT2D eigenvalue weighted by Gasteiger charge is 2.14. The second-order valence-electron chi connectivity index (χ2n) is 5.47. The molecular weight excluding hydrogens is 352 g/mol. The summed E-state index contributed by atoms with van der Waals surface area (Å²) in [6, 6.07) is 11.6. The number of nitrogens with one attached hydrogen (secondary N) is 1. The van der Waals surface area contributed by atoms with E-state index in [0.29, 0.717) is 27.6 Å². The molecule has 8 heteroatoms. The number of amides is 2. The van der Waals surface area contributed by atoms with Crippen LogP contribution >= 0.6 is 11.8 Å². The fourth-order valence-electron chi connectivity index (χ4n) is 2.22. The molecule has 132 valence electrons. The molecule has 3 N–H and O–H groups in total. The molecule has 0 unspecified atom stereocenters. The van der Waals surface area contributed by atoms with Gasteiger partial charge in [-0.1, -0.05) is 16.9 Å². The lowest BCUT2D eigenvalue weighted by Crippen LogP contribution is -2.14. The van der Waals surface area contributed by atoms with Crippen LogP contribution in [0.4, 0.5) is 5.69 Å². The molecule has 0 saturated carbocycles. The Labute approximate surface area is 154 Å². The van der Waals surface area contributed by atoms with Crippen molar-refractivity contribution in [1.29, 1.82) is 0 Å². The minimum atomic E-state index is -0.517. The van der Waals surface area contributed by atoms with Gasteiger partial charge in [0.25, 0.3) is 5.91 Å². The molecule has 3 aromatic rings. The van der Waals surface area contributed by atoms with E-state index in [9.17, 15) is 9.59 Å². The lowest BCUT2D eigenvalue weighted by atomic mass is 10.2. The van der Waals surface area contributed by atoms with Crippen molar-refractivity contribution in [2.24, 2.45) is 5.73 Å². The number of hydrogen-bond donors (Lipinski definition) is 2. The number of carbonyl (C=O) groups is 2. The lowest BCUT2D eigenvalue weighted by molar-refractivity contribution is 0.0998. The SMILES string of the molecule is Cc1cc(CSc2ncccc2C(=O)Nc2ccc(C(N)=O)cc2)no1. The first kappa shape index (κ1) is 17.7. The van der Waals surface area contributed by atoms with Crippen LogP contribution in [-0.2, 0) is 5.75 Å². The van der Waals surface area contributed by atoms with Crippen molar-refractivity contribution >= 4 is 29.3 Å². The van der Waals surface area contributed by atoms with Gasteiger partial charge in [-0.15, -0.1) is 0 Å². The molecule has 1 aromatic carbocycles. The summed E-state index contributed by atoms with van der Waals surface area (Å²) in [5, 5.41) is 7.32. The smallest absolute Gasteiger partial charge is 0.258 e. The first-order valence-corrected chi connectivity index (χ1v) is 8.73. The number of benzene rings is 1. The number of pyridine rings is 1. The van der Waals surface area contributed by atoms with Crippen LogP contribution in [0.1, 0.15) is 32.2 Å². The lowest BCUT2D eigenvalue weighted by Gasteiger charge is -2.09. The average molecular weight is 368 g/mol. The molecule has 2 amide bonds. The van der Waals surface area contributed by atoms with Crippen LogP contribution in [0.25, 0.3) is 0 Å². The van der Waals surface area contributed by atoms with Crippen LogP contribution in [0, 0.1) is 6.92 Å². The number of rotatable bonds is 6.